The molecule has 0 heterocycles. The molecule has 0 N–H and O–H groups in total. The minimum Gasteiger partial charge on any atom is -0.274 e. The minimum atomic E-state index is -1.42. The van der Waals surface area contributed by atoms with Gasteiger partial charge in [0.15, 0.2) is 0 Å². The summed E-state index contributed by atoms with van der Waals surface area (Å²) in [6.07, 6.45) is 8.32. The van der Waals surface area contributed by atoms with Gasteiger partial charge in [0.05, 0.1) is 0 Å². The van der Waals surface area contributed by atoms with E-state index in [1.165, 1.54) is 44.6 Å². The molecule has 2 nitrogen and oxygen atoms in total. The van der Waals surface area contributed by atoms with Crippen molar-refractivity contribution in [1.29, 1.82) is 0 Å². The van der Waals surface area contributed by atoms with Gasteiger partial charge in [0.25, 0.3) is 0 Å². The molecule has 0 rings (SSSR count). The lowest BCUT2D eigenvalue weighted by molar-refractivity contribution is 0.497. The zero-order valence-electron chi connectivity index (χ0n) is 10.1. The number of hydrogen-bond donors (Lipinski definition) is 0. The number of halogens is 1. The molecule has 0 aromatic heterocycles. The van der Waals surface area contributed by atoms with E-state index in [-0.39, 0.29) is 0 Å². The summed E-state index contributed by atoms with van der Waals surface area (Å²) < 4.78 is 16.8. The van der Waals surface area contributed by atoms with E-state index in [1.54, 1.807) is 0 Å². The molecule has 90 valence electrons. The van der Waals surface area contributed by atoms with E-state index in [9.17, 15) is 0 Å². The van der Waals surface area contributed by atoms with Gasteiger partial charge in [0, 0.05) is 0 Å². The smallest absolute Gasteiger partial charge is 0.274 e. The van der Waals surface area contributed by atoms with Crippen molar-refractivity contribution in [2.24, 2.45) is 0 Å². The second-order valence-corrected chi connectivity index (χ2v) is 11.5. The molecule has 0 saturated heterocycles. The molecular formula is C10H23ClO2Si2. The summed E-state index contributed by atoms with van der Waals surface area (Å²) >= 11 is 6.21. The third-order valence-electron chi connectivity index (χ3n) is 2.12. The second-order valence-electron chi connectivity index (χ2n) is 4.32. The zero-order chi connectivity index (χ0) is 12.2. The zero-order valence-corrected chi connectivity index (χ0v) is 12.9. The van der Waals surface area contributed by atoms with E-state index < -0.39 is 16.7 Å². The van der Waals surface area contributed by atoms with Gasteiger partial charge in [-0.3, -0.25) is 8.92 Å². The van der Waals surface area contributed by atoms with Gasteiger partial charge in [-0.2, -0.15) is 11.1 Å². The summed E-state index contributed by atoms with van der Waals surface area (Å²) in [5.41, 5.74) is 0. The number of rotatable bonds is 7. The Balaban J connectivity index is 0. The summed E-state index contributed by atoms with van der Waals surface area (Å²) in [6.45, 7) is 6.73. The highest BCUT2D eigenvalue weighted by Crippen LogP contribution is 2.18. The first-order chi connectivity index (χ1) is 6.97. The van der Waals surface area contributed by atoms with Crippen LogP contribution in [0.2, 0.25) is 19.1 Å². The molecule has 0 aliphatic rings. The summed E-state index contributed by atoms with van der Waals surface area (Å²) in [7, 11) is -2.67. The van der Waals surface area contributed by atoms with Gasteiger partial charge in [0.2, 0.25) is 0 Å². The molecule has 0 amide bonds. The Morgan fingerprint density at radius 3 is 1.80 bits per heavy atom. The molecule has 0 aliphatic heterocycles. The Kier molecular flexibility index (Phi) is 14.6. The first-order valence-electron chi connectivity index (χ1n) is 5.66. The van der Waals surface area contributed by atoms with E-state index >= 15 is 0 Å². The molecule has 0 saturated carbocycles. The highest BCUT2D eigenvalue weighted by molar-refractivity contribution is 7.19. The Bertz CT molecular complexity index is 163. The van der Waals surface area contributed by atoms with Gasteiger partial charge < -0.3 is 0 Å². The third kappa shape index (κ3) is 25.0. The van der Waals surface area contributed by atoms with Crippen molar-refractivity contribution in [3.8, 4) is 0 Å². The topological polar surface area (TPSA) is 34.1 Å². The van der Waals surface area contributed by atoms with Crippen LogP contribution >= 0.6 is 11.1 Å². The average molecular weight is 267 g/mol. The molecule has 0 bridgehead atoms. The van der Waals surface area contributed by atoms with E-state index in [0.717, 1.165) is 0 Å². The van der Waals surface area contributed by atoms with Gasteiger partial charge in [-0.1, -0.05) is 58.5 Å². The van der Waals surface area contributed by atoms with Crippen molar-refractivity contribution >= 4 is 27.8 Å². The van der Waals surface area contributed by atoms with Crippen molar-refractivity contribution in [1.82, 2.24) is 0 Å². The second kappa shape index (κ2) is 12.4. The van der Waals surface area contributed by atoms with Crippen molar-refractivity contribution in [3.63, 3.8) is 0 Å². The van der Waals surface area contributed by atoms with Crippen LogP contribution in [0.1, 0.15) is 45.4 Å². The van der Waals surface area contributed by atoms with Crippen molar-refractivity contribution in [3.05, 3.63) is 0 Å². The maximum absolute atomic E-state index is 8.40. The Hall–Kier alpha value is 0.324. The molecule has 15 heavy (non-hydrogen) atoms. The maximum atomic E-state index is 8.40. The highest BCUT2D eigenvalue weighted by atomic mass is 35.6. The molecule has 0 aromatic rings. The van der Waals surface area contributed by atoms with Gasteiger partial charge in [-0.05, 0) is 6.04 Å². The molecule has 0 spiro atoms. The van der Waals surface area contributed by atoms with Crippen LogP contribution in [0.4, 0.5) is 0 Å². The van der Waals surface area contributed by atoms with Crippen LogP contribution in [0.3, 0.4) is 0 Å². The molecule has 0 aliphatic carbocycles. The van der Waals surface area contributed by atoms with Crippen LogP contribution in [0, 0.1) is 0 Å². The van der Waals surface area contributed by atoms with E-state index in [2.05, 4.69) is 20.0 Å². The highest BCUT2D eigenvalue weighted by Gasteiger charge is 2.15. The fourth-order valence-corrected chi connectivity index (χ4v) is 2.82. The fraction of sp³-hybridized carbons (Fsp3) is 1.00. The predicted octanol–water partition coefficient (Wildman–Crippen LogP) is 4.17. The monoisotopic (exact) mass is 266 g/mol. The molecule has 0 fully saturated rings. The predicted molar refractivity (Wildman–Crippen MR) is 68.6 cm³/mol. The lowest BCUT2D eigenvalue weighted by Crippen LogP contribution is -2.14. The van der Waals surface area contributed by atoms with Crippen LogP contribution < -0.4 is 0 Å². The summed E-state index contributed by atoms with van der Waals surface area (Å²) in [4.78, 5) is 0. The van der Waals surface area contributed by atoms with E-state index in [0.29, 0.717) is 0 Å². The Morgan fingerprint density at radius 2 is 1.40 bits per heavy atom. The quantitative estimate of drug-likeness (QED) is 0.394. The number of hydrogen-bond acceptors (Lipinski definition) is 2. The summed E-state index contributed by atoms with van der Waals surface area (Å²) in [6, 6.07) is 1.29. The third-order valence-corrected chi connectivity index (χ3v) is 4.23. The summed E-state index contributed by atoms with van der Waals surface area (Å²) in [5.74, 6) is 0. The van der Waals surface area contributed by atoms with Crippen LogP contribution in [0.15, 0.2) is 0 Å². The van der Waals surface area contributed by atoms with Gasteiger partial charge in [0.1, 0.15) is 7.38 Å². The van der Waals surface area contributed by atoms with Crippen LogP contribution in [0.25, 0.3) is 0 Å². The largest absolute Gasteiger partial charge is 0.549 e. The maximum Gasteiger partial charge on any atom is 0.549 e. The van der Waals surface area contributed by atoms with Crippen molar-refractivity contribution in [2.45, 2.75) is 64.6 Å². The summed E-state index contributed by atoms with van der Waals surface area (Å²) in [5, 5.41) is 0. The Morgan fingerprint density at radius 1 is 1.00 bits per heavy atom. The van der Waals surface area contributed by atoms with Gasteiger partial charge in [-0.15, -0.1) is 0 Å². The molecule has 0 aromatic carbocycles. The average Bonchev–Trinajstić information content (AvgIpc) is 2.11. The van der Waals surface area contributed by atoms with Crippen molar-refractivity contribution in [2.75, 3.05) is 0 Å². The van der Waals surface area contributed by atoms with E-state index in [1.807, 2.05) is 0 Å². The SMILES string of the molecule is CCCCCCCC[Si](C)(C)Cl.O=[Si]=O. The standard InChI is InChI=1S/C10H23ClSi.O2Si/c1-4-5-6-7-8-9-10-12(2,3)11;1-3-2/h4-10H2,1-3H3;. The van der Waals surface area contributed by atoms with E-state index in [4.69, 9.17) is 20.0 Å². The Labute approximate surface area is 101 Å². The molecule has 0 atom stereocenters. The van der Waals surface area contributed by atoms with Gasteiger partial charge >= 0.3 is 9.29 Å². The molecule has 5 heteroatoms. The normalized spacial score (nSPS) is 10.1. The molecule has 0 radical (unpaired) electrons. The molecular weight excluding hydrogens is 244 g/mol. The fourth-order valence-electron chi connectivity index (χ4n) is 1.33. The van der Waals surface area contributed by atoms with Crippen LogP contribution in [-0.2, 0) is 8.92 Å². The molecule has 0 unspecified atom stereocenters. The number of unbranched alkanes of at least 4 members (excludes halogenated alkanes) is 5. The van der Waals surface area contributed by atoms with Crippen LogP contribution in [0.5, 0.6) is 0 Å². The van der Waals surface area contributed by atoms with Gasteiger partial charge in [-0.25, -0.2) is 0 Å². The minimum absolute atomic E-state index is 1.25. The first kappa shape index (κ1) is 17.7. The lowest BCUT2D eigenvalue weighted by Gasteiger charge is -2.11. The first-order valence-corrected chi connectivity index (χ1v) is 10.7. The van der Waals surface area contributed by atoms with Crippen molar-refractivity contribution < 1.29 is 8.92 Å². The lowest BCUT2D eigenvalue weighted by atomic mass is 10.1. The van der Waals surface area contributed by atoms with Crippen LogP contribution in [-0.4, -0.2) is 16.7 Å².